The predicted octanol–water partition coefficient (Wildman–Crippen LogP) is 3.71. The van der Waals surface area contributed by atoms with E-state index in [4.69, 9.17) is 21.6 Å². The molecule has 7 nitrogen and oxygen atoms in total. The highest BCUT2D eigenvalue weighted by Gasteiger charge is 2.12. The van der Waals surface area contributed by atoms with E-state index in [-0.39, 0.29) is 0 Å². The van der Waals surface area contributed by atoms with Gasteiger partial charge in [-0.25, -0.2) is 4.79 Å². The molecule has 2 rings (SSSR count). The summed E-state index contributed by atoms with van der Waals surface area (Å²) < 4.78 is 6.64. The summed E-state index contributed by atoms with van der Waals surface area (Å²) in [6, 6.07) is 8.34. The molecule has 1 aromatic carbocycles. The zero-order valence-corrected chi connectivity index (χ0v) is 16.5. The molecule has 1 aromatic heterocycles. The Morgan fingerprint density at radius 3 is 2.71 bits per heavy atom. The molecule has 0 saturated carbocycles. The number of nitriles is 1. The number of unbranched alkanes of at least 4 members (excludes halogenated alkanes) is 1. The van der Waals surface area contributed by atoms with Gasteiger partial charge in [-0.1, -0.05) is 24.9 Å². The second-order valence-electron chi connectivity index (χ2n) is 6.04. The Labute approximate surface area is 168 Å². The Balaban J connectivity index is 1.87. The predicted molar refractivity (Wildman–Crippen MR) is 107 cm³/mol. The Kier molecular flexibility index (Phi) is 7.78. The number of halogens is 1. The molecule has 8 heteroatoms. The van der Waals surface area contributed by atoms with Crippen molar-refractivity contribution in [2.45, 2.75) is 33.2 Å². The number of aryl methyl sites for hydroxylation is 2. The summed E-state index contributed by atoms with van der Waals surface area (Å²) in [7, 11) is 0. The maximum atomic E-state index is 11.9. The molecular formula is C20H21ClN4O3. The third-order valence-electron chi connectivity index (χ3n) is 3.86. The van der Waals surface area contributed by atoms with Gasteiger partial charge in [-0.3, -0.25) is 9.48 Å². The van der Waals surface area contributed by atoms with Crippen LogP contribution in [0.4, 0.5) is 5.69 Å². The maximum Gasteiger partial charge on any atom is 0.331 e. The summed E-state index contributed by atoms with van der Waals surface area (Å²) in [5.74, 6) is -1.14. The number of hydrogen-bond acceptors (Lipinski definition) is 5. The number of aromatic nitrogens is 2. The zero-order valence-electron chi connectivity index (χ0n) is 15.7. The first-order valence-electron chi connectivity index (χ1n) is 8.82. The van der Waals surface area contributed by atoms with Crippen LogP contribution in [0.5, 0.6) is 0 Å². The fourth-order valence-corrected chi connectivity index (χ4v) is 2.70. The monoisotopic (exact) mass is 400 g/mol. The first-order chi connectivity index (χ1) is 13.4. The van der Waals surface area contributed by atoms with Crippen LogP contribution in [-0.2, 0) is 20.9 Å². The number of benzene rings is 1. The van der Waals surface area contributed by atoms with Gasteiger partial charge < -0.3 is 10.1 Å². The smallest absolute Gasteiger partial charge is 0.331 e. The van der Waals surface area contributed by atoms with Crippen molar-refractivity contribution in [3.8, 4) is 6.07 Å². The highest BCUT2D eigenvalue weighted by Crippen LogP contribution is 2.21. The molecule has 0 atom stereocenters. The quantitative estimate of drug-likeness (QED) is 0.538. The lowest BCUT2D eigenvalue weighted by Gasteiger charge is -2.05. The number of nitrogens with zero attached hydrogens (tertiary/aromatic N) is 3. The molecule has 0 aliphatic rings. The van der Waals surface area contributed by atoms with Gasteiger partial charge in [0.25, 0.3) is 5.91 Å². The van der Waals surface area contributed by atoms with Crippen LogP contribution in [0.25, 0.3) is 6.08 Å². The second kappa shape index (κ2) is 10.3. The molecule has 0 saturated heterocycles. The Morgan fingerprint density at radius 1 is 1.36 bits per heavy atom. The van der Waals surface area contributed by atoms with Gasteiger partial charge in [0.1, 0.15) is 5.15 Å². The number of carbonyl (C=O) groups excluding carboxylic acids is 2. The van der Waals surface area contributed by atoms with Crippen LogP contribution in [-0.4, -0.2) is 28.3 Å². The van der Waals surface area contributed by atoms with E-state index in [2.05, 4.69) is 17.3 Å². The molecular weight excluding hydrogens is 380 g/mol. The van der Waals surface area contributed by atoms with Gasteiger partial charge in [-0.2, -0.15) is 10.4 Å². The van der Waals surface area contributed by atoms with E-state index in [1.165, 1.54) is 12.2 Å². The number of ether oxygens (including phenoxy) is 1. The number of hydrogen-bond donors (Lipinski definition) is 1. The summed E-state index contributed by atoms with van der Waals surface area (Å²) in [4.78, 5) is 23.7. The lowest BCUT2D eigenvalue weighted by Crippen LogP contribution is -2.20. The van der Waals surface area contributed by atoms with Crippen LogP contribution in [0, 0.1) is 18.3 Å². The zero-order chi connectivity index (χ0) is 20.5. The first-order valence-corrected chi connectivity index (χ1v) is 9.20. The lowest BCUT2D eigenvalue weighted by atomic mass is 10.2. The topological polar surface area (TPSA) is 97.0 Å². The van der Waals surface area contributed by atoms with E-state index in [1.54, 1.807) is 28.9 Å². The summed E-state index contributed by atoms with van der Waals surface area (Å²) in [6.07, 6.45) is 4.74. The molecule has 0 radical (unpaired) electrons. The van der Waals surface area contributed by atoms with Crippen LogP contribution >= 0.6 is 11.6 Å². The van der Waals surface area contributed by atoms with Crippen molar-refractivity contribution in [1.29, 1.82) is 5.26 Å². The first kappa shape index (κ1) is 21.2. The number of anilines is 1. The van der Waals surface area contributed by atoms with Gasteiger partial charge in [0.15, 0.2) is 6.61 Å². The number of esters is 1. The van der Waals surface area contributed by atoms with Crippen molar-refractivity contribution < 1.29 is 14.3 Å². The number of carbonyl (C=O) groups is 2. The van der Waals surface area contributed by atoms with Crippen LogP contribution in [0.2, 0.25) is 5.15 Å². The molecule has 0 aliphatic heterocycles. The van der Waals surface area contributed by atoms with E-state index in [9.17, 15) is 9.59 Å². The van der Waals surface area contributed by atoms with E-state index in [0.717, 1.165) is 12.8 Å². The van der Waals surface area contributed by atoms with Crippen LogP contribution < -0.4 is 5.32 Å². The van der Waals surface area contributed by atoms with Gasteiger partial charge in [0.2, 0.25) is 0 Å². The average molecular weight is 401 g/mol. The molecule has 1 heterocycles. The normalized spacial score (nSPS) is 10.6. The number of rotatable bonds is 8. The minimum Gasteiger partial charge on any atom is -0.452 e. The van der Waals surface area contributed by atoms with Gasteiger partial charge in [0, 0.05) is 23.9 Å². The SMILES string of the molecule is CCCCn1nc(C)c(/C=C/C(=O)OCC(=O)Nc2ccc(C#N)cc2)c1Cl. The molecule has 1 amide bonds. The summed E-state index contributed by atoms with van der Waals surface area (Å²) in [5, 5.41) is 16.1. The van der Waals surface area contributed by atoms with Crippen molar-refractivity contribution in [1.82, 2.24) is 9.78 Å². The van der Waals surface area contributed by atoms with Crippen LogP contribution in [0.3, 0.4) is 0 Å². The fourth-order valence-electron chi connectivity index (χ4n) is 2.37. The van der Waals surface area contributed by atoms with Gasteiger partial charge >= 0.3 is 5.97 Å². The molecule has 0 bridgehead atoms. The van der Waals surface area contributed by atoms with Crippen LogP contribution in [0.15, 0.2) is 30.3 Å². The fraction of sp³-hybridized carbons (Fsp3) is 0.300. The Morgan fingerprint density at radius 2 is 2.07 bits per heavy atom. The number of nitrogens with one attached hydrogen (secondary N) is 1. The largest absolute Gasteiger partial charge is 0.452 e. The molecule has 0 spiro atoms. The second-order valence-corrected chi connectivity index (χ2v) is 6.40. The summed E-state index contributed by atoms with van der Waals surface area (Å²) >= 11 is 6.30. The molecule has 0 fully saturated rings. The van der Waals surface area contributed by atoms with Gasteiger partial charge in [0.05, 0.1) is 17.3 Å². The Bertz CT molecular complexity index is 911. The molecule has 0 unspecified atom stereocenters. The minimum absolute atomic E-state index is 0.425. The third kappa shape index (κ3) is 5.96. The van der Waals surface area contributed by atoms with Gasteiger partial charge in [-0.15, -0.1) is 0 Å². The van der Waals surface area contributed by atoms with Crippen molar-refractivity contribution >= 4 is 35.2 Å². The molecule has 0 aliphatic carbocycles. The molecule has 146 valence electrons. The van der Waals surface area contributed by atoms with E-state index >= 15 is 0 Å². The van der Waals surface area contributed by atoms with Crippen molar-refractivity contribution in [2.24, 2.45) is 0 Å². The Hall–Kier alpha value is -3.11. The summed E-state index contributed by atoms with van der Waals surface area (Å²) in [6.45, 7) is 4.18. The van der Waals surface area contributed by atoms with Gasteiger partial charge in [-0.05, 0) is 43.7 Å². The molecule has 28 heavy (non-hydrogen) atoms. The van der Waals surface area contributed by atoms with Crippen molar-refractivity contribution in [3.63, 3.8) is 0 Å². The molecule has 2 aromatic rings. The van der Waals surface area contributed by atoms with Crippen molar-refractivity contribution in [2.75, 3.05) is 11.9 Å². The average Bonchev–Trinajstić information content (AvgIpc) is 2.96. The summed E-state index contributed by atoms with van der Waals surface area (Å²) in [5.41, 5.74) is 2.36. The van der Waals surface area contributed by atoms with Crippen LogP contribution in [0.1, 0.15) is 36.6 Å². The highest BCUT2D eigenvalue weighted by atomic mass is 35.5. The number of amides is 1. The third-order valence-corrected chi connectivity index (χ3v) is 4.26. The highest BCUT2D eigenvalue weighted by molar-refractivity contribution is 6.31. The molecule has 1 N–H and O–H groups in total. The van der Waals surface area contributed by atoms with Crippen molar-refractivity contribution in [3.05, 3.63) is 52.3 Å². The lowest BCUT2D eigenvalue weighted by molar-refractivity contribution is -0.142. The van der Waals surface area contributed by atoms with E-state index in [0.29, 0.717) is 34.2 Å². The maximum absolute atomic E-state index is 11.9. The van der Waals surface area contributed by atoms with E-state index < -0.39 is 18.5 Å². The van der Waals surface area contributed by atoms with E-state index in [1.807, 2.05) is 13.0 Å². The minimum atomic E-state index is -0.660. The standard InChI is InChI=1S/C20H21ClN4O3/c1-3-4-11-25-20(21)17(14(2)24-25)9-10-19(27)28-13-18(26)23-16-7-5-15(12-22)6-8-16/h5-10H,3-4,11,13H2,1-2H3,(H,23,26)/b10-9+.